The fraction of sp³-hybridized carbons (Fsp3) is 0.154. The number of ether oxygens (including phenoxy) is 1. The van der Waals surface area contributed by atoms with Crippen LogP contribution in [0.4, 0.5) is 8.78 Å². The van der Waals surface area contributed by atoms with Crippen LogP contribution in [0.15, 0.2) is 41.0 Å². The molecule has 0 aliphatic heterocycles. The fourth-order valence-corrected chi connectivity index (χ4v) is 1.44. The van der Waals surface area contributed by atoms with E-state index in [1.54, 1.807) is 6.07 Å². The SMILES string of the molecule is O=C(NCCOc1cc(F)cc(F)c1)c1ccco1. The molecule has 0 radical (unpaired) electrons. The number of rotatable bonds is 5. The van der Waals surface area contributed by atoms with E-state index in [1.165, 1.54) is 12.3 Å². The topological polar surface area (TPSA) is 51.5 Å². The Hall–Kier alpha value is -2.37. The molecule has 2 aromatic rings. The summed E-state index contributed by atoms with van der Waals surface area (Å²) in [7, 11) is 0. The van der Waals surface area contributed by atoms with E-state index in [-0.39, 0.29) is 30.6 Å². The van der Waals surface area contributed by atoms with E-state index in [9.17, 15) is 13.6 Å². The Morgan fingerprint density at radius 3 is 2.63 bits per heavy atom. The molecule has 6 heteroatoms. The molecule has 0 saturated carbocycles. The Balaban J connectivity index is 1.76. The minimum absolute atomic E-state index is 0.0738. The standard InChI is InChI=1S/C13H11F2NO3/c14-9-6-10(15)8-11(7-9)18-5-3-16-13(17)12-2-1-4-19-12/h1-2,4,6-8H,3,5H2,(H,16,17). The molecular formula is C13H11F2NO3. The molecular weight excluding hydrogens is 256 g/mol. The molecule has 2 rings (SSSR count). The van der Waals surface area contributed by atoms with Crippen LogP contribution in [0.5, 0.6) is 5.75 Å². The summed E-state index contributed by atoms with van der Waals surface area (Å²) < 4.78 is 35.7. The third-order valence-electron chi connectivity index (χ3n) is 2.24. The zero-order chi connectivity index (χ0) is 13.7. The second-order valence-electron chi connectivity index (χ2n) is 3.69. The lowest BCUT2D eigenvalue weighted by atomic mass is 10.3. The van der Waals surface area contributed by atoms with Gasteiger partial charge in [-0.15, -0.1) is 0 Å². The van der Waals surface area contributed by atoms with Crippen LogP contribution in [-0.2, 0) is 0 Å². The van der Waals surface area contributed by atoms with Gasteiger partial charge in [-0.1, -0.05) is 0 Å². The number of benzene rings is 1. The zero-order valence-corrected chi connectivity index (χ0v) is 9.86. The number of nitrogens with one attached hydrogen (secondary N) is 1. The predicted molar refractivity (Wildman–Crippen MR) is 62.9 cm³/mol. The maximum Gasteiger partial charge on any atom is 0.287 e. The third-order valence-corrected chi connectivity index (χ3v) is 2.24. The van der Waals surface area contributed by atoms with Gasteiger partial charge in [0, 0.05) is 18.2 Å². The molecule has 4 nitrogen and oxygen atoms in total. The molecule has 0 aliphatic rings. The molecule has 1 amide bonds. The average Bonchev–Trinajstić information content (AvgIpc) is 2.87. The van der Waals surface area contributed by atoms with E-state index in [4.69, 9.17) is 9.15 Å². The van der Waals surface area contributed by atoms with Crippen molar-refractivity contribution >= 4 is 5.91 Å². The third kappa shape index (κ3) is 3.80. The number of hydrogen-bond acceptors (Lipinski definition) is 3. The molecule has 0 saturated heterocycles. The second kappa shape index (κ2) is 5.99. The Bertz CT molecular complexity index is 535. The summed E-state index contributed by atoms with van der Waals surface area (Å²) in [6.45, 7) is 0.285. The smallest absolute Gasteiger partial charge is 0.287 e. The largest absolute Gasteiger partial charge is 0.492 e. The summed E-state index contributed by atoms with van der Waals surface area (Å²) in [5, 5.41) is 2.54. The summed E-state index contributed by atoms with van der Waals surface area (Å²) in [6, 6.07) is 6.01. The quantitative estimate of drug-likeness (QED) is 0.846. The van der Waals surface area contributed by atoms with Crippen LogP contribution in [0, 0.1) is 11.6 Å². The van der Waals surface area contributed by atoms with Crippen molar-refractivity contribution in [3.8, 4) is 5.75 Å². The first kappa shape index (κ1) is 13.1. The van der Waals surface area contributed by atoms with Crippen LogP contribution in [-0.4, -0.2) is 19.1 Å². The van der Waals surface area contributed by atoms with Gasteiger partial charge in [-0.25, -0.2) is 8.78 Å². The summed E-state index contributed by atoms with van der Waals surface area (Å²) in [5.74, 6) is -1.54. The first-order valence-corrected chi connectivity index (χ1v) is 5.56. The molecule has 0 bridgehead atoms. The van der Waals surface area contributed by atoms with Crippen LogP contribution in [0.25, 0.3) is 0 Å². The van der Waals surface area contributed by atoms with Gasteiger partial charge < -0.3 is 14.5 Å². The average molecular weight is 267 g/mol. The Morgan fingerprint density at radius 2 is 2.00 bits per heavy atom. The van der Waals surface area contributed by atoms with Crippen molar-refractivity contribution in [2.24, 2.45) is 0 Å². The first-order valence-electron chi connectivity index (χ1n) is 5.56. The lowest BCUT2D eigenvalue weighted by molar-refractivity contribution is 0.0919. The summed E-state index contributed by atoms with van der Waals surface area (Å²) in [4.78, 5) is 11.4. The first-order chi connectivity index (χ1) is 9.15. The zero-order valence-electron chi connectivity index (χ0n) is 9.86. The van der Waals surface area contributed by atoms with Crippen molar-refractivity contribution in [2.45, 2.75) is 0 Å². The van der Waals surface area contributed by atoms with Crippen molar-refractivity contribution < 1.29 is 22.7 Å². The van der Waals surface area contributed by atoms with E-state index in [0.29, 0.717) is 0 Å². The normalized spacial score (nSPS) is 10.2. The van der Waals surface area contributed by atoms with Gasteiger partial charge >= 0.3 is 0 Å². The van der Waals surface area contributed by atoms with E-state index < -0.39 is 11.6 Å². The maximum absolute atomic E-state index is 12.8. The van der Waals surface area contributed by atoms with Crippen LogP contribution < -0.4 is 10.1 Å². The summed E-state index contributed by atoms with van der Waals surface area (Å²) >= 11 is 0. The van der Waals surface area contributed by atoms with Crippen LogP contribution in [0.2, 0.25) is 0 Å². The van der Waals surface area contributed by atoms with Gasteiger partial charge in [-0.05, 0) is 12.1 Å². The second-order valence-corrected chi connectivity index (χ2v) is 3.69. The maximum atomic E-state index is 12.8. The van der Waals surface area contributed by atoms with Gasteiger partial charge in [0.2, 0.25) is 0 Å². The highest BCUT2D eigenvalue weighted by Gasteiger charge is 2.07. The molecule has 0 aliphatic carbocycles. The number of hydrogen-bond donors (Lipinski definition) is 1. The van der Waals surface area contributed by atoms with Gasteiger partial charge in [0.25, 0.3) is 5.91 Å². The number of carbonyl (C=O) groups excluding carboxylic acids is 1. The van der Waals surface area contributed by atoms with Gasteiger partial charge in [-0.2, -0.15) is 0 Å². The van der Waals surface area contributed by atoms with Crippen LogP contribution >= 0.6 is 0 Å². The fourth-order valence-electron chi connectivity index (χ4n) is 1.44. The van der Waals surface area contributed by atoms with E-state index in [1.807, 2.05) is 0 Å². The van der Waals surface area contributed by atoms with Crippen molar-refractivity contribution in [3.05, 3.63) is 54.0 Å². The molecule has 100 valence electrons. The molecule has 0 atom stereocenters. The van der Waals surface area contributed by atoms with Crippen molar-refractivity contribution in [1.82, 2.24) is 5.32 Å². The molecule has 1 aromatic heterocycles. The molecule has 0 unspecified atom stereocenters. The molecule has 19 heavy (non-hydrogen) atoms. The number of amides is 1. The Kier molecular flexibility index (Phi) is 4.12. The van der Waals surface area contributed by atoms with E-state index >= 15 is 0 Å². The highest BCUT2D eigenvalue weighted by atomic mass is 19.1. The monoisotopic (exact) mass is 267 g/mol. The van der Waals surface area contributed by atoms with Crippen LogP contribution in [0.3, 0.4) is 0 Å². The molecule has 1 N–H and O–H groups in total. The van der Waals surface area contributed by atoms with Crippen molar-refractivity contribution in [3.63, 3.8) is 0 Å². The lowest BCUT2D eigenvalue weighted by Gasteiger charge is -2.07. The molecule has 0 fully saturated rings. The van der Waals surface area contributed by atoms with Gasteiger partial charge in [0.15, 0.2) is 5.76 Å². The van der Waals surface area contributed by atoms with E-state index in [2.05, 4.69) is 5.32 Å². The van der Waals surface area contributed by atoms with Crippen LogP contribution in [0.1, 0.15) is 10.6 Å². The van der Waals surface area contributed by atoms with Crippen molar-refractivity contribution in [1.29, 1.82) is 0 Å². The predicted octanol–water partition coefficient (Wildman–Crippen LogP) is 2.37. The number of halogens is 2. The van der Waals surface area contributed by atoms with Gasteiger partial charge in [-0.3, -0.25) is 4.79 Å². The lowest BCUT2D eigenvalue weighted by Crippen LogP contribution is -2.27. The summed E-state index contributed by atoms with van der Waals surface area (Å²) in [5.41, 5.74) is 0. The molecule has 1 aromatic carbocycles. The Morgan fingerprint density at radius 1 is 1.26 bits per heavy atom. The van der Waals surface area contributed by atoms with E-state index in [0.717, 1.165) is 18.2 Å². The minimum Gasteiger partial charge on any atom is -0.492 e. The van der Waals surface area contributed by atoms with Gasteiger partial charge in [0.05, 0.1) is 12.8 Å². The van der Waals surface area contributed by atoms with Crippen molar-refractivity contribution in [2.75, 3.05) is 13.2 Å². The minimum atomic E-state index is -0.713. The molecule has 1 heterocycles. The number of carbonyl (C=O) groups is 1. The highest BCUT2D eigenvalue weighted by molar-refractivity contribution is 5.91. The molecule has 0 spiro atoms. The number of furan rings is 1. The Labute approximate surface area is 108 Å². The van der Waals surface area contributed by atoms with Gasteiger partial charge in [0.1, 0.15) is 24.0 Å². The summed E-state index contributed by atoms with van der Waals surface area (Å²) in [6.07, 6.45) is 1.39. The highest BCUT2D eigenvalue weighted by Crippen LogP contribution is 2.14.